The molecule has 0 saturated heterocycles. The summed E-state index contributed by atoms with van der Waals surface area (Å²) in [6, 6.07) is 7.19. The second-order valence-corrected chi connectivity index (χ2v) is 7.61. The van der Waals surface area contributed by atoms with Crippen LogP contribution in [0.15, 0.2) is 24.3 Å². The quantitative estimate of drug-likeness (QED) is 0.459. The first-order valence-corrected chi connectivity index (χ1v) is 9.86. The van der Waals surface area contributed by atoms with E-state index in [0.717, 1.165) is 17.7 Å². The predicted octanol–water partition coefficient (Wildman–Crippen LogP) is 2.85. The van der Waals surface area contributed by atoms with Gasteiger partial charge in [-0.05, 0) is 44.4 Å². The Morgan fingerprint density at radius 2 is 2.00 bits per heavy atom. The van der Waals surface area contributed by atoms with Crippen molar-refractivity contribution in [1.29, 1.82) is 0 Å². The zero-order valence-corrected chi connectivity index (χ0v) is 15.8. The minimum absolute atomic E-state index is 0.0180. The van der Waals surface area contributed by atoms with Crippen molar-refractivity contribution in [3.63, 3.8) is 0 Å². The van der Waals surface area contributed by atoms with Gasteiger partial charge in [-0.3, -0.25) is 0 Å². The number of methoxy groups -OCH3 is 1. The third kappa shape index (κ3) is 8.10. The third-order valence-electron chi connectivity index (χ3n) is 3.53. The summed E-state index contributed by atoms with van der Waals surface area (Å²) in [6.07, 6.45) is 1.46. The van der Waals surface area contributed by atoms with Crippen molar-refractivity contribution >= 4 is 10.0 Å². The molecule has 0 aliphatic carbocycles. The highest BCUT2D eigenvalue weighted by molar-refractivity contribution is 7.89. The molecule has 6 nitrogen and oxygen atoms in total. The van der Waals surface area contributed by atoms with E-state index in [1.165, 1.54) is 7.11 Å². The van der Waals surface area contributed by atoms with Crippen molar-refractivity contribution in [3.8, 4) is 5.75 Å². The van der Waals surface area contributed by atoms with Crippen LogP contribution in [-0.4, -0.2) is 40.8 Å². The summed E-state index contributed by atoms with van der Waals surface area (Å²) >= 11 is 0. The van der Waals surface area contributed by atoms with Crippen LogP contribution in [0.2, 0.25) is 0 Å². The fourth-order valence-electron chi connectivity index (χ4n) is 2.06. The van der Waals surface area contributed by atoms with Crippen molar-refractivity contribution in [2.45, 2.75) is 45.8 Å². The first kappa shape index (κ1) is 20.9. The monoisotopic (exact) mass is 359 g/mol. The van der Waals surface area contributed by atoms with Gasteiger partial charge in [0.25, 0.3) is 0 Å². The van der Waals surface area contributed by atoms with Gasteiger partial charge in [0.05, 0.1) is 18.5 Å². The summed E-state index contributed by atoms with van der Waals surface area (Å²) in [5.41, 5.74) is 0.870. The maximum absolute atomic E-state index is 12.1. The Hall–Kier alpha value is -1.15. The number of ether oxygens (including phenoxy) is 3. The maximum atomic E-state index is 12.1. The van der Waals surface area contributed by atoms with Crippen LogP contribution in [0.3, 0.4) is 0 Å². The van der Waals surface area contributed by atoms with E-state index in [4.69, 9.17) is 14.2 Å². The van der Waals surface area contributed by atoms with Gasteiger partial charge in [0, 0.05) is 13.2 Å². The molecule has 7 heteroatoms. The molecular weight excluding hydrogens is 330 g/mol. The first-order valence-electron chi connectivity index (χ1n) is 8.21. The Bertz CT molecular complexity index is 576. The Morgan fingerprint density at radius 1 is 1.25 bits per heavy atom. The minimum atomic E-state index is -3.37. The van der Waals surface area contributed by atoms with Gasteiger partial charge in [-0.25, -0.2) is 13.1 Å². The van der Waals surface area contributed by atoms with Crippen LogP contribution in [-0.2, 0) is 19.5 Å². The van der Waals surface area contributed by atoms with Gasteiger partial charge in [0.1, 0.15) is 12.5 Å². The zero-order chi connectivity index (χ0) is 18.0. The second kappa shape index (κ2) is 10.7. The van der Waals surface area contributed by atoms with E-state index in [0.29, 0.717) is 13.0 Å². The molecule has 1 aromatic carbocycles. The SMILES string of the molecule is CC[C@H](C)Oc1cccc([C@@H](C)NS(=O)(=O)CCCOCOC)c1. The molecule has 0 fully saturated rings. The summed E-state index contributed by atoms with van der Waals surface area (Å²) in [5, 5.41) is 0. The van der Waals surface area contributed by atoms with Gasteiger partial charge in [-0.1, -0.05) is 19.1 Å². The van der Waals surface area contributed by atoms with Crippen LogP contribution in [0, 0.1) is 0 Å². The molecule has 0 aliphatic rings. The molecule has 1 aromatic rings. The lowest BCUT2D eigenvalue weighted by Gasteiger charge is -2.17. The van der Waals surface area contributed by atoms with Gasteiger partial charge in [-0.2, -0.15) is 0 Å². The topological polar surface area (TPSA) is 73.9 Å². The van der Waals surface area contributed by atoms with Gasteiger partial charge < -0.3 is 14.2 Å². The smallest absolute Gasteiger partial charge is 0.212 e. The van der Waals surface area contributed by atoms with Crippen LogP contribution >= 0.6 is 0 Å². The third-order valence-corrected chi connectivity index (χ3v) is 5.07. The number of hydrogen-bond donors (Lipinski definition) is 1. The van der Waals surface area contributed by atoms with Crippen molar-refractivity contribution in [1.82, 2.24) is 4.72 Å². The summed E-state index contributed by atoms with van der Waals surface area (Å²) in [7, 11) is -1.84. The van der Waals surface area contributed by atoms with Crippen LogP contribution in [0.5, 0.6) is 5.75 Å². The van der Waals surface area contributed by atoms with E-state index in [-0.39, 0.29) is 24.7 Å². The maximum Gasteiger partial charge on any atom is 0.212 e. The molecule has 1 rings (SSSR count). The highest BCUT2D eigenvalue weighted by atomic mass is 32.2. The van der Waals surface area contributed by atoms with E-state index in [1.807, 2.05) is 38.1 Å². The fraction of sp³-hybridized carbons (Fsp3) is 0.647. The molecule has 0 aromatic heterocycles. The van der Waals surface area contributed by atoms with Crippen LogP contribution in [0.4, 0.5) is 0 Å². The van der Waals surface area contributed by atoms with Crippen molar-refractivity contribution in [2.75, 3.05) is 26.3 Å². The molecule has 0 amide bonds. The summed E-state index contributed by atoms with van der Waals surface area (Å²) in [6.45, 7) is 6.40. The minimum Gasteiger partial charge on any atom is -0.491 e. The van der Waals surface area contributed by atoms with Gasteiger partial charge in [0.15, 0.2) is 0 Å². The first-order chi connectivity index (χ1) is 11.4. The van der Waals surface area contributed by atoms with Crippen molar-refractivity contribution in [2.24, 2.45) is 0 Å². The molecular formula is C17H29NO5S. The second-order valence-electron chi connectivity index (χ2n) is 5.74. The number of sulfonamides is 1. The molecule has 0 unspecified atom stereocenters. The lowest BCUT2D eigenvalue weighted by atomic mass is 10.1. The average molecular weight is 359 g/mol. The van der Waals surface area contributed by atoms with E-state index in [9.17, 15) is 8.42 Å². The normalized spacial score (nSPS) is 14.3. The number of benzene rings is 1. The van der Waals surface area contributed by atoms with E-state index in [2.05, 4.69) is 11.6 Å². The fourth-order valence-corrected chi connectivity index (χ4v) is 3.35. The van der Waals surface area contributed by atoms with E-state index < -0.39 is 10.0 Å². The summed E-state index contributed by atoms with van der Waals surface area (Å²) in [4.78, 5) is 0. The Morgan fingerprint density at radius 3 is 2.67 bits per heavy atom. The van der Waals surface area contributed by atoms with Gasteiger partial charge in [-0.15, -0.1) is 0 Å². The highest BCUT2D eigenvalue weighted by Gasteiger charge is 2.16. The Kier molecular flexibility index (Phi) is 9.28. The molecule has 0 spiro atoms. The Labute approximate surface area is 145 Å². The number of hydrogen-bond acceptors (Lipinski definition) is 5. The van der Waals surface area contributed by atoms with Crippen molar-refractivity contribution < 1.29 is 22.6 Å². The molecule has 2 atom stereocenters. The van der Waals surface area contributed by atoms with E-state index >= 15 is 0 Å². The summed E-state index contributed by atoms with van der Waals surface area (Å²) in [5.74, 6) is 0.769. The lowest BCUT2D eigenvalue weighted by Crippen LogP contribution is -2.29. The van der Waals surface area contributed by atoms with Crippen LogP contribution in [0.25, 0.3) is 0 Å². The molecule has 0 saturated carbocycles. The molecule has 1 N–H and O–H groups in total. The predicted molar refractivity (Wildman–Crippen MR) is 94.6 cm³/mol. The van der Waals surface area contributed by atoms with Crippen molar-refractivity contribution in [3.05, 3.63) is 29.8 Å². The van der Waals surface area contributed by atoms with E-state index in [1.54, 1.807) is 0 Å². The van der Waals surface area contributed by atoms with Gasteiger partial charge in [0.2, 0.25) is 10.0 Å². The van der Waals surface area contributed by atoms with Gasteiger partial charge >= 0.3 is 0 Å². The number of nitrogens with one attached hydrogen (secondary N) is 1. The molecule has 0 heterocycles. The molecule has 138 valence electrons. The molecule has 0 aliphatic heterocycles. The average Bonchev–Trinajstić information content (AvgIpc) is 2.54. The van der Waals surface area contributed by atoms with Crippen LogP contribution in [0.1, 0.15) is 45.2 Å². The highest BCUT2D eigenvalue weighted by Crippen LogP contribution is 2.21. The standard InChI is InChI=1S/C17H29NO5S/c1-5-14(2)23-17-9-6-8-16(12-17)15(3)18-24(19,20)11-7-10-22-13-21-4/h6,8-9,12,14-15,18H,5,7,10-11,13H2,1-4H3/t14-,15+/m0/s1. The molecule has 0 bridgehead atoms. The molecule has 0 radical (unpaired) electrons. The lowest BCUT2D eigenvalue weighted by molar-refractivity contribution is -0.0298. The largest absolute Gasteiger partial charge is 0.491 e. The zero-order valence-electron chi connectivity index (χ0n) is 14.9. The number of rotatable bonds is 12. The molecule has 24 heavy (non-hydrogen) atoms. The summed E-state index contributed by atoms with van der Waals surface area (Å²) < 4.78 is 42.6. The van der Waals surface area contributed by atoms with Crippen LogP contribution < -0.4 is 9.46 Å². The Balaban J connectivity index is 2.56.